The van der Waals surface area contributed by atoms with Gasteiger partial charge in [-0.25, -0.2) is 9.18 Å². The van der Waals surface area contributed by atoms with Crippen LogP contribution >= 0.6 is 0 Å². The number of nitrogens with zero attached hydrogens (tertiary/aromatic N) is 3. The zero-order chi connectivity index (χ0) is 22.2. The van der Waals surface area contributed by atoms with E-state index in [1.807, 2.05) is 0 Å². The predicted molar refractivity (Wildman–Crippen MR) is 110 cm³/mol. The van der Waals surface area contributed by atoms with Crippen LogP contribution in [0.5, 0.6) is 17.2 Å². The number of carbonyl (C=O) groups excluding carboxylic acids is 1. The molecule has 1 N–H and O–H groups in total. The van der Waals surface area contributed by atoms with E-state index in [1.165, 1.54) is 36.3 Å². The van der Waals surface area contributed by atoms with Crippen molar-refractivity contribution in [2.45, 2.75) is 13.0 Å². The molecule has 0 spiro atoms. The maximum Gasteiger partial charge on any atom is 0.321 e. The molecule has 0 aliphatic carbocycles. The average Bonchev–Trinajstić information content (AvgIpc) is 3.24. The van der Waals surface area contributed by atoms with Crippen molar-refractivity contribution in [3.8, 4) is 17.2 Å². The minimum absolute atomic E-state index is 0.0601. The highest BCUT2D eigenvalue weighted by Crippen LogP contribution is 2.29. The Morgan fingerprint density at radius 3 is 2.58 bits per heavy atom. The summed E-state index contributed by atoms with van der Waals surface area (Å²) >= 11 is 0. The summed E-state index contributed by atoms with van der Waals surface area (Å²) in [4.78, 5) is 18.2. The van der Waals surface area contributed by atoms with Crippen LogP contribution in [-0.4, -0.2) is 48.9 Å². The molecule has 3 aromatic rings. The molecule has 0 aliphatic heterocycles. The van der Waals surface area contributed by atoms with Gasteiger partial charge in [-0.1, -0.05) is 5.16 Å². The smallest absolute Gasteiger partial charge is 0.321 e. The van der Waals surface area contributed by atoms with Crippen LogP contribution in [0.3, 0.4) is 0 Å². The highest BCUT2D eigenvalue weighted by atomic mass is 19.1. The molecule has 2 amide bonds. The van der Waals surface area contributed by atoms with E-state index in [-0.39, 0.29) is 24.3 Å². The molecule has 9 nitrogen and oxygen atoms in total. The molecule has 1 aromatic heterocycles. The molecule has 0 saturated heterocycles. The molecular weight excluding hydrogens is 407 g/mol. The SMILES string of the molecule is COc1ccc(OC)c(NC(=O)N(C)CCc2noc(COc3ccc(F)cc3)n2)c1. The Bertz CT molecular complexity index is 1010. The number of likely N-dealkylation sites (N-methyl/N-ethyl adjacent to an activating group) is 1. The summed E-state index contributed by atoms with van der Waals surface area (Å²) in [5.74, 6) is 1.99. The first-order chi connectivity index (χ1) is 15.0. The second kappa shape index (κ2) is 10.3. The van der Waals surface area contributed by atoms with Gasteiger partial charge in [0, 0.05) is 26.1 Å². The normalized spacial score (nSPS) is 10.5. The first-order valence-corrected chi connectivity index (χ1v) is 9.42. The second-order valence-electron chi connectivity index (χ2n) is 6.51. The Balaban J connectivity index is 1.49. The van der Waals surface area contributed by atoms with Gasteiger partial charge in [-0.3, -0.25) is 0 Å². The highest BCUT2D eigenvalue weighted by Gasteiger charge is 2.14. The molecule has 0 saturated carbocycles. The van der Waals surface area contributed by atoms with Crippen LogP contribution in [0.4, 0.5) is 14.9 Å². The summed E-state index contributed by atoms with van der Waals surface area (Å²) in [5.41, 5.74) is 0.499. The molecule has 164 valence electrons. The van der Waals surface area contributed by atoms with Gasteiger partial charge in [0.05, 0.1) is 19.9 Å². The fraction of sp³-hybridized carbons (Fsp3) is 0.286. The number of benzene rings is 2. The van der Waals surface area contributed by atoms with E-state index in [0.717, 1.165) is 0 Å². The van der Waals surface area contributed by atoms with E-state index < -0.39 is 0 Å². The lowest BCUT2D eigenvalue weighted by Gasteiger charge is -2.18. The van der Waals surface area contributed by atoms with Crippen molar-refractivity contribution >= 4 is 11.7 Å². The summed E-state index contributed by atoms with van der Waals surface area (Å²) < 4.78 is 34.0. The fourth-order valence-corrected chi connectivity index (χ4v) is 2.62. The Kier molecular flexibility index (Phi) is 7.26. The molecule has 0 atom stereocenters. The number of ether oxygens (including phenoxy) is 3. The molecule has 31 heavy (non-hydrogen) atoms. The lowest BCUT2D eigenvalue weighted by Crippen LogP contribution is -2.33. The van der Waals surface area contributed by atoms with Gasteiger partial charge in [0.2, 0.25) is 0 Å². The number of carbonyl (C=O) groups is 1. The van der Waals surface area contributed by atoms with Crippen molar-refractivity contribution in [1.82, 2.24) is 15.0 Å². The van der Waals surface area contributed by atoms with Crippen molar-refractivity contribution in [1.29, 1.82) is 0 Å². The van der Waals surface area contributed by atoms with E-state index in [2.05, 4.69) is 15.5 Å². The maximum atomic E-state index is 12.9. The Morgan fingerprint density at radius 2 is 1.87 bits per heavy atom. The lowest BCUT2D eigenvalue weighted by molar-refractivity contribution is 0.222. The van der Waals surface area contributed by atoms with E-state index in [4.69, 9.17) is 18.7 Å². The minimum atomic E-state index is -0.342. The van der Waals surface area contributed by atoms with Gasteiger partial charge in [0.1, 0.15) is 23.1 Å². The first kappa shape index (κ1) is 21.9. The van der Waals surface area contributed by atoms with Gasteiger partial charge < -0.3 is 29.0 Å². The van der Waals surface area contributed by atoms with Gasteiger partial charge in [0.25, 0.3) is 5.89 Å². The monoisotopic (exact) mass is 430 g/mol. The summed E-state index contributed by atoms with van der Waals surface area (Å²) in [6.07, 6.45) is 0.388. The molecule has 0 unspecified atom stereocenters. The average molecular weight is 430 g/mol. The number of hydrogen-bond acceptors (Lipinski definition) is 7. The van der Waals surface area contributed by atoms with Crippen LogP contribution < -0.4 is 19.5 Å². The molecule has 0 radical (unpaired) electrons. The Labute approximate surface area is 178 Å². The highest BCUT2D eigenvalue weighted by molar-refractivity contribution is 5.91. The number of halogens is 1. The zero-order valence-corrected chi connectivity index (χ0v) is 17.4. The molecule has 10 heteroatoms. The lowest BCUT2D eigenvalue weighted by atomic mass is 10.2. The molecule has 2 aromatic carbocycles. The minimum Gasteiger partial charge on any atom is -0.497 e. The number of aromatic nitrogens is 2. The summed E-state index contributed by atoms with van der Waals surface area (Å²) in [5, 5.41) is 6.68. The topological polar surface area (TPSA) is 99.0 Å². The van der Waals surface area contributed by atoms with E-state index in [0.29, 0.717) is 41.7 Å². The van der Waals surface area contributed by atoms with Gasteiger partial charge in [-0.05, 0) is 36.4 Å². The third-order valence-electron chi connectivity index (χ3n) is 4.35. The molecular formula is C21H23FN4O5. The fourth-order valence-electron chi connectivity index (χ4n) is 2.62. The standard InChI is InChI=1S/C21H23FN4O5/c1-26(21(27)23-17-12-16(28-2)8-9-18(17)29-3)11-10-19-24-20(31-25-19)13-30-15-6-4-14(22)5-7-15/h4-9,12H,10-11,13H2,1-3H3,(H,23,27). The summed E-state index contributed by atoms with van der Waals surface area (Å²) in [7, 11) is 4.72. The third kappa shape index (κ3) is 6.08. The number of urea groups is 1. The molecule has 0 fully saturated rings. The number of rotatable bonds is 9. The largest absolute Gasteiger partial charge is 0.497 e. The van der Waals surface area contributed by atoms with Crippen molar-refractivity contribution in [2.24, 2.45) is 0 Å². The van der Waals surface area contributed by atoms with Crippen LogP contribution in [0.15, 0.2) is 47.0 Å². The maximum absolute atomic E-state index is 12.9. The summed E-state index contributed by atoms with van der Waals surface area (Å²) in [6, 6.07) is 10.4. The van der Waals surface area contributed by atoms with Crippen LogP contribution in [0.1, 0.15) is 11.7 Å². The molecule has 0 bridgehead atoms. The number of anilines is 1. The van der Waals surface area contributed by atoms with Crippen LogP contribution in [0.25, 0.3) is 0 Å². The van der Waals surface area contributed by atoms with Crippen LogP contribution in [-0.2, 0) is 13.0 Å². The Hall–Kier alpha value is -3.82. The third-order valence-corrected chi connectivity index (χ3v) is 4.35. The van der Waals surface area contributed by atoms with Crippen molar-refractivity contribution in [3.63, 3.8) is 0 Å². The van der Waals surface area contributed by atoms with Crippen molar-refractivity contribution in [3.05, 3.63) is 60.0 Å². The van der Waals surface area contributed by atoms with Gasteiger partial charge in [-0.15, -0.1) is 0 Å². The summed E-state index contributed by atoms with van der Waals surface area (Å²) in [6.45, 7) is 0.417. The van der Waals surface area contributed by atoms with E-state index in [9.17, 15) is 9.18 Å². The van der Waals surface area contributed by atoms with Crippen LogP contribution in [0, 0.1) is 5.82 Å². The Morgan fingerprint density at radius 1 is 1.13 bits per heavy atom. The van der Waals surface area contributed by atoms with E-state index in [1.54, 1.807) is 32.4 Å². The predicted octanol–water partition coefficient (Wildman–Crippen LogP) is 3.51. The first-order valence-electron chi connectivity index (χ1n) is 9.42. The molecule has 0 aliphatic rings. The van der Waals surface area contributed by atoms with E-state index >= 15 is 0 Å². The second-order valence-corrected chi connectivity index (χ2v) is 6.51. The van der Waals surface area contributed by atoms with Gasteiger partial charge >= 0.3 is 6.03 Å². The molecule has 3 rings (SSSR count). The van der Waals surface area contributed by atoms with Crippen molar-refractivity contribution < 1.29 is 27.9 Å². The number of amides is 2. The molecule has 1 heterocycles. The number of hydrogen-bond donors (Lipinski definition) is 1. The van der Waals surface area contributed by atoms with Gasteiger partial charge in [-0.2, -0.15) is 4.98 Å². The van der Waals surface area contributed by atoms with Crippen molar-refractivity contribution in [2.75, 3.05) is 33.1 Å². The number of methoxy groups -OCH3 is 2. The quantitative estimate of drug-likeness (QED) is 0.555. The van der Waals surface area contributed by atoms with Gasteiger partial charge in [0.15, 0.2) is 12.4 Å². The van der Waals surface area contributed by atoms with Crippen LogP contribution in [0.2, 0.25) is 0 Å². The number of nitrogens with one attached hydrogen (secondary N) is 1. The zero-order valence-electron chi connectivity index (χ0n) is 17.4.